The Balaban J connectivity index is 0.00000357. The van der Waals surface area contributed by atoms with Gasteiger partial charge in [-0.1, -0.05) is 73.9 Å². The molecule has 0 saturated carbocycles. The van der Waals surface area contributed by atoms with E-state index >= 15 is 0 Å². The predicted molar refractivity (Wildman–Crippen MR) is 177 cm³/mol. The van der Waals surface area contributed by atoms with Crippen molar-refractivity contribution >= 4 is 21.8 Å². The molecule has 226 valence electrons. The molecule has 0 bridgehead atoms. The Morgan fingerprint density at radius 3 is 2.36 bits per heavy atom. The molecular formula is C38H33N5OPt. The van der Waals surface area contributed by atoms with Crippen LogP contribution >= 0.6 is 0 Å². The summed E-state index contributed by atoms with van der Waals surface area (Å²) in [5, 5.41) is 11.2. The SMILES string of the molecule is Cc1cc(C)c(-c2cc(-c3cccc(Oc4[c-]c5c(cc4)c4ccccc4n5-c4cc(C(C)(C)C)ccn4)n3)[n-]n2)c(C)c1.[Pt+2]. The first kappa shape index (κ1) is 30.5. The quantitative estimate of drug-likeness (QED) is 0.164. The summed E-state index contributed by atoms with van der Waals surface area (Å²) in [7, 11) is 0. The number of benzene rings is 3. The molecule has 0 unspecified atom stereocenters. The number of aromatic nitrogens is 5. The Labute approximate surface area is 277 Å². The maximum absolute atomic E-state index is 6.31. The molecule has 45 heavy (non-hydrogen) atoms. The van der Waals surface area contributed by atoms with Crippen molar-refractivity contribution in [1.82, 2.24) is 24.7 Å². The molecule has 0 N–H and O–H groups in total. The van der Waals surface area contributed by atoms with Crippen LogP contribution in [0.1, 0.15) is 43.0 Å². The number of nitrogens with zero attached hydrogens (tertiary/aromatic N) is 5. The van der Waals surface area contributed by atoms with E-state index in [4.69, 9.17) is 14.7 Å². The van der Waals surface area contributed by atoms with Gasteiger partial charge in [0.15, 0.2) is 0 Å². The summed E-state index contributed by atoms with van der Waals surface area (Å²) >= 11 is 0. The molecule has 7 rings (SSSR count). The first-order chi connectivity index (χ1) is 21.2. The van der Waals surface area contributed by atoms with Gasteiger partial charge < -0.3 is 19.5 Å². The van der Waals surface area contributed by atoms with Crippen molar-refractivity contribution in [3.05, 3.63) is 119 Å². The molecule has 3 aromatic carbocycles. The number of ether oxygens (including phenoxy) is 1. The second-order valence-corrected chi connectivity index (χ2v) is 12.4. The second-order valence-electron chi connectivity index (χ2n) is 12.4. The van der Waals surface area contributed by atoms with Gasteiger partial charge in [-0.3, -0.25) is 0 Å². The van der Waals surface area contributed by atoms with Crippen LogP contribution in [0.3, 0.4) is 0 Å². The minimum atomic E-state index is -0.00420. The average Bonchev–Trinajstić information content (AvgIpc) is 3.59. The minimum Gasteiger partial charge on any atom is -0.573 e. The molecular weight excluding hydrogens is 738 g/mol. The van der Waals surface area contributed by atoms with E-state index in [0.717, 1.165) is 38.9 Å². The molecule has 0 radical (unpaired) electrons. The molecule has 0 spiro atoms. The number of aryl methyl sites for hydroxylation is 3. The van der Waals surface area contributed by atoms with Crippen LogP contribution in [-0.4, -0.2) is 19.6 Å². The number of pyridine rings is 2. The Hall–Kier alpha value is -4.54. The standard InChI is InChI=1S/C38H33N5O.Pt/c1-23-18-24(2)37(25(3)19-23)32-22-31(41-42-32)30-11-9-13-36(40-30)44-27-14-15-29-28-10-7-8-12-33(28)43(34(29)21-27)35-20-26(16-17-39-35)38(4,5)6;/h7-20,22H,1-6H3;/q-2;+2. The Kier molecular flexibility index (Phi) is 7.96. The summed E-state index contributed by atoms with van der Waals surface area (Å²) in [6.07, 6.45) is 1.88. The van der Waals surface area contributed by atoms with Gasteiger partial charge in [-0.05, 0) is 78.6 Å². The van der Waals surface area contributed by atoms with Crippen LogP contribution in [0.5, 0.6) is 11.6 Å². The molecule has 7 heteroatoms. The second kappa shape index (κ2) is 11.8. The van der Waals surface area contributed by atoms with Crippen LogP contribution < -0.4 is 9.84 Å². The van der Waals surface area contributed by atoms with E-state index in [2.05, 4.69) is 117 Å². The maximum Gasteiger partial charge on any atom is 2.00 e. The van der Waals surface area contributed by atoms with Gasteiger partial charge in [0.1, 0.15) is 5.82 Å². The van der Waals surface area contributed by atoms with E-state index in [1.54, 1.807) is 0 Å². The third-order valence-electron chi connectivity index (χ3n) is 8.07. The zero-order valence-corrected chi connectivity index (χ0v) is 28.4. The summed E-state index contributed by atoms with van der Waals surface area (Å²) in [6, 6.07) is 32.2. The third kappa shape index (κ3) is 5.71. The average molecular weight is 771 g/mol. The first-order valence-corrected chi connectivity index (χ1v) is 14.8. The van der Waals surface area contributed by atoms with Gasteiger partial charge in [0.2, 0.25) is 5.88 Å². The van der Waals surface area contributed by atoms with Crippen molar-refractivity contribution in [3.8, 4) is 40.1 Å². The molecule has 4 aromatic heterocycles. The van der Waals surface area contributed by atoms with E-state index in [-0.39, 0.29) is 26.5 Å². The summed E-state index contributed by atoms with van der Waals surface area (Å²) in [5.74, 6) is 1.88. The van der Waals surface area contributed by atoms with Gasteiger partial charge in [0, 0.05) is 34.8 Å². The first-order valence-electron chi connectivity index (χ1n) is 14.8. The molecule has 7 aromatic rings. The van der Waals surface area contributed by atoms with Crippen LogP contribution in [0, 0.1) is 26.8 Å². The molecule has 0 saturated heterocycles. The van der Waals surface area contributed by atoms with Crippen LogP contribution in [0.15, 0.2) is 91.1 Å². The van der Waals surface area contributed by atoms with Crippen molar-refractivity contribution in [1.29, 1.82) is 0 Å². The number of hydrogen-bond donors (Lipinski definition) is 0. The molecule has 4 heterocycles. The molecule has 0 amide bonds. The summed E-state index contributed by atoms with van der Waals surface area (Å²) in [6.45, 7) is 13.0. The summed E-state index contributed by atoms with van der Waals surface area (Å²) in [5.41, 5.74) is 10.1. The molecule has 0 aliphatic carbocycles. The Morgan fingerprint density at radius 2 is 1.58 bits per heavy atom. The summed E-state index contributed by atoms with van der Waals surface area (Å²) < 4.78 is 8.47. The van der Waals surface area contributed by atoms with Gasteiger partial charge in [-0.15, -0.1) is 17.5 Å². The van der Waals surface area contributed by atoms with Gasteiger partial charge in [0.25, 0.3) is 0 Å². The van der Waals surface area contributed by atoms with E-state index in [0.29, 0.717) is 23.0 Å². The normalized spacial score (nSPS) is 11.6. The fourth-order valence-corrected chi connectivity index (χ4v) is 6.03. The van der Waals surface area contributed by atoms with Crippen LogP contribution in [0.2, 0.25) is 0 Å². The van der Waals surface area contributed by atoms with E-state index in [9.17, 15) is 0 Å². The third-order valence-corrected chi connectivity index (χ3v) is 8.07. The van der Waals surface area contributed by atoms with Crippen molar-refractivity contribution < 1.29 is 25.8 Å². The zero-order valence-electron chi connectivity index (χ0n) is 26.1. The molecule has 0 atom stereocenters. The number of hydrogen-bond acceptors (Lipinski definition) is 4. The Morgan fingerprint density at radius 1 is 0.800 bits per heavy atom. The fourth-order valence-electron chi connectivity index (χ4n) is 6.03. The van der Waals surface area contributed by atoms with Crippen LogP contribution in [0.4, 0.5) is 0 Å². The fraction of sp³-hybridized carbons (Fsp3) is 0.184. The largest absolute Gasteiger partial charge is 2.00 e. The monoisotopic (exact) mass is 770 g/mol. The number of rotatable bonds is 5. The van der Waals surface area contributed by atoms with E-state index in [1.165, 1.54) is 22.3 Å². The Bertz CT molecular complexity index is 2160. The topological polar surface area (TPSA) is 66.9 Å². The predicted octanol–water partition coefficient (Wildman–Crippen LogP) is 9.07. The summed E-state index contributed by atoms with van der Waals surface area (Å²) in [4.78, 5) is 9.55. The van der Waals surface area contributed by atoms with E-state index in [1.807, 2.05) is 36.5 Å². The van der Waals surface area contributed by atoms with Gasteiger partial charge >= 0.3 is 21.1 Å². The van der Waals surface area contributed by atoms with E-state index < -0.39 is 0 Å². The van der Waals surface area contributed by atoms with Gasteiger partial charge in [-0.25, -0.2) is 9.97 Å². The molecule has 0 aliphatic heterocycles. The van der Waals surface area contributed by atoms with Gasteiger partial charge in [-0.2, -0.15) is 6.07 Å². The van der Waals surface area contributed by atoms with Crippen molar-refractivity contribution in [2.75, 3.05) is 0 Å². The molecule has 6 nitrogen and oxygen atoms in total. The number of para-hydroxylation sites is 1. The van der Waals surface area contributed by atoms with Crippen molar-refractivity contribution in [2.45, 2.75) is 47.0 Å². The molecule has 0 fully saturated rings. The van der Waals surface area contributed by atoms with Crippen molar-refractivity contribution in [3.63, 3.8) is 0 Å². The van der Waals surface area contributed by atoms with Crippen LogP contribution in [0.25, 0.3) is 50.3 Å². The minimum absolute atomic E-state index is 0. The molecule has 0 aliphatic rings. The van der Waals surface area contributed by atoms with Crippen LogP contribution in [-0.2, 0) is 26.5 Å². The maximum atomic E-state index is 6.31. The number of fused-ring (bicyclic) bond motifs is 3. The van der Waals surface area contributed by atoms with Gasteiger partial charge in [0.05, 0.1) is 5.69 Å². The zero-order chi connectivity index (χ0) is 30.6. The smallest absolute Gasteiger partial charge is 0.573 e. The van der Waals surface area contributed by atoms with Crippen molar-refractivity contribution in [2.24, 2.45) is 0 Å².